The van der Waals surface area contributed by atoms with Crippen molar-refractivity contribution in [3.63, 3.8) is 0 Å². The second kappa shape index (κ2) is 6.83. The van der Waals surface area contributed by atoms with Crippen molar-refractivity contribution >= 4 is 17.8 Å². The molecule has 138 valence electrons. The van der Waals surface area contributed by atoms with E-state index in [4.69, 9.17) is 0 Å². The van der Waals surface area contributed by atoms with E-state index >= 15 is 0 Å². The quantitative estimate of drug-likeness (QED) is 0.781. The molecule has 2 aliphatic heterocycles. The Labute approximate surface area is 155 Å². The molecule has 0 aromatic heterocycles. The first-order valence-corrected chi connectivity index (χ1v) is 8.75. The van der Waals surface area contributed by atoms with Gasteiger partial charge in [-0.3, -0.25) is 14.5 Å². The third-order valence-corrected chi connectivity index (χ3v) is 4.95. The SMILES string of the molecule is O=C(c1cccc(F)c1)N1CCN2C(=O)N(Cc3ccccc3)C(=O)[C@H]2C1. The minimum absolute atomic E-state index is 0.116. The van der Waals surface area contributed by atoms with E-state index in [1.54, 1.807) is 6.07 Å². The number of carbonyl (C=O) groups is 3. The Balaban J connectivity index is 1.50. The molecule has 1 atom stereocenters. The van der Waals surface area contributed by atoms with Gasteiger partial charge >= 0.3 is 6.03 Å². The number of hydrogen-bond donors (Lipinski definition) is 0. The van der Waals surface area contributed by atoms with Crippen molar-refractivity contribution in [2.45, 2.75) is 12.6 Å². The summed E-state index contributed by atoms with van der Waals surface area (Å²) in [5, 5.41) is 0. The molecule has 4 amide bonds. The fraction of sp³-hybridized carbons (Fsp3) is 0.250. The number of imide groups is 1. The molecule has 0 bridgehead atoms. The maximum atomic E-state index is 13.4. The van der Waals surface area contributed by atoms with E-state index in [9.17, 15) is 18.8 Å². The van der Waals surface area contributed by atoms with Crippen molar-refractivity contribution in [2.75, 3.05) is 19.6 Å². The van der Waals surface area contributed by atoms with Crippen molar-refractivity contribution in [3.8, 4) is 0 Å². The number of hydrogen-bond acceptors (Lipinski definition) is 3. The molecule has 0 unspecified atom stereocenters. The van der Waals surface area contributed by atoms with Crippen LogP contribution in [-0.2, 0) is 11.3 Å². The molecule has 0 saturated carbocycles. The van der Waals surface area contributed by atoms with Crippen molar-refractivity contribution in [1.29, 1.82) is 0 Å². The van der Waals surface area contributed by atoms with Crippen LogP contribution in [0.25, 0.3) is 0 Å². The van der Waals surface area contributed by atoms with Crippen LogP contribution in [0.2, 0.25) is 0 Å². The molecule has 2 aromatic carbocycles. The molecule has 2 saturated heterocycles. The number of nitrogens with zero attached hydrogens (tertiary/aromatic N) is 3. The lowest BCUT2D eigenvalue weighted by Crippen LogP contribution is -2.54. The zero-order valence-corrected chi connectivity index (χ0v) is 14.5. The molecule has 2 fully saturated rings. The molecule has 0 N–H and O–H groups in total. The highest BCUT2D eigenvalue weighted by Gasteiger charge is 2.48. The largest absolute Gasteiger partial charge is 0.334 e. The molecule has 2 heterocycles. The zero-order chi connectivity index (χ0) is 19.0. The molecular weight excluding hydrogens is 349 g/mol. The van der Waals surface area contributed by atoms with Gasteiger partial charge < -0.3 is 9.80 Å². The molecule has 6 nitrogen and oxygen atoms in total. The van der Waals surface area contributed by atoms with Crippen LogP contribution in [0, 0.1) is 5.82 Å². The summed E-state index contributed by atoms with van der Waals surface area (Å²) < 4.78 is 13.4. The van der Waals surface area contributed by atoms with E-state index < -0.39 is 11.9 Å². The van der Waals surface area contributed by atoms with Gasteiger partial charge in [-0.2, -0.15) is 0 Å². The molecular formula is C20H18FN3O3. The Kier molecular flexibility index (Phi) is 4.35. The number of rotatable bonds is 3. The minimum atomic E-state index is -0.688. The summed E-state index contributed by atoms with van der Waals surface area (Å²) in [5.41, 5.74) is 1.10. The molecule has 0 radical (unpaired) electrons. The summed E-state index contributed by atoms with van der Waals surface area (Å²) >= 11 is 0. The third-order valence-electron chi connectivity index (χ3n) is 4.95. The van der Waals surface area contributed by atoms with Gasteiger partial charge in [-0.25, -0.2) is 9.18 Å². The van der Waals surface area contributed by atoms with Crippen LogP contribution in [0.1, 0.15) is 15.9 Å². The number of benzene rings is 2. The molecule has 27 heavy (non-hydrogen) atoms. The summed E-state index contributed by atoms with van der Waals surface area (Å²) in [7, 11) is 0. The number of amides is 4. The summed E-state index contributed by atoms with van der Waals surface area (Å²) in [5.74, 6) is -1.13. The van der Waals surface area contributed by atoms with Gasteiger partial charge in [0.15, 0.2) is 0 Å². The van der Waals surface area contributed by atoms with Crippen LogP contribution in [0.3, 0.4) is 0 Å². The van der Waals surface area contributed by atoms with Crippen LogP contribution in [0.15, 0.2) is 54.6 Å². The second-order valence-corrected chi connectivity index (χ2v) is 6.66. The van der Waals surface area contributed by atoms with E-state index in [1.807, 2.05) is 30.3 Å². The first-order valence-electron chi connectivity index (χ1n) is 8.75. The highest BCUT2D eigenvalue weighted by atomic mass is 19.1. The van der Waals surface area contributed by atoms with Gasteiger partial charge in [-0.05, 0) is 23.8 Å². The van der Waals surface area contributed by atoms with Crippen LogP contribution in [0.4, 0.5) is 9.18 Å². The normalized spacial score (nSPS) is 19.4. The van der Waals surface area contributed by atoms with Gasteiger partial charge in [0.1, 0.15) is 11.9 Å². The highest BCUT2D eigenvalue weighted by molar-refractivity contribution is 6.05. The van der Waals surface area contributed by atoms with Gasteiger partial charge in [0.05, 0.1) is 13.1 Å². The summed E-state index contributed by atoms with van der Waals surface area (Å²) in [6.07, 6.45) is 0. The monoisotopic (exact) mass is 367 g/mol. The van der Waals surface area contributed by atoms with Crippen molar-refractivity contribution in [3.05, 3.63) is 71.5 Å². The molecule has 4 rings (SSSR count). The lowest BCUT2D eigenvalue weighted by atomic mass is 10.1. The average Bonchev–Trinajstić information content (AvgIpc) is 2.92. The van der Waals surface area contributed by atoms with Crippen LogP contribution in [0.5, 0.6) is 0 Å². The zero-order valence-electron chi connectivity index (χ0n) is 14.5. The van der Waals surface area contributed by atoms with E-state index in [-0.39, 0.29) is 43.0 Å². The van der Waals surface area contributed by atoms with Gasteiger partial charge in [0.2, 0.25) is 0 Å². The Hall–Kier alpha value is -3.22. The Morgan fingerprint density at radius 2 is 1.81 bits per heavy atom. The van der Waals surface area contributed by atoms with E-state index in [2.05, 4.69) is 0 Å². The standard InChI is InChI=1S/C20H18FN3O3/c21-16-8-4-7-15(11-16)18(25)22-9-10-23-17(13-22)19(26)24(20(23)27)12-14-5-2-1-3-6-14/h1-8,11,17H,9-10,12-13H2/t17-/m1/s1. The van der Waals surface area contributed by atoms with E-state index in [1.165, 1.54) is 32.9 Å². The maximum Gasteiger partial charge on any atom is 0.327 e. The summed E-state index contributed by atoms with van der Waals surface area (Å²) in [6.45, 7) is 0.917. The third kappa shape index (κ3) is 3.16. The smallest absolute Gasteiger partial charge is 0.327 e. The molecule has 2 aromatic rings. The van der Waals surface area contributed by atoms with Crippen LogP contribution < -0.4 is 0 Å². The Morgan fingerprint density at radius 3 is 2.56 bits per heavy atom. The number of urea groups is 1. The molecule has 0 aliphatic carbocycles. The maximum absolute atomic E-state index is 13.4. The predicted molar refractivity (Wildman–Crippen MR) is 95.2 cm³/mol. The predicted octanol–water partition coefficient (Wildman–Crippen LogP) is 2.11. The van der Waals surface area contributed by atoms with Crippen molar-refractivity contribution in [1.82, 2.24) is 14.7 Å². The van der Waals surface area contributed by atoms with E-state index in [0.29, 0.717) is 6.54 Å². The number of carbonyl (C=O) groups excluding carboxylic acids is 3. The topological polar surface area (TPSA) is 60.9 Å². The van der Waals surface area contributed by atoms with E-state index in [0.717, 1.165) is 5.56 Å². The number of fused-ring (bicyclic) bond motifs is 1. The summed E-state index contributed by atoms with van der Waals surface area (Å²) in [4.78, 5) is 42.3. The first kappa shape index (κ1) is 17.2. The average molecular weight is 367 g/mol. The minimum Gasteiger partial charge on any atom is -0.334 e. The number of piperazine rings is 1. The Morgan fingerprint density at radius 1 is 1.04 bits per heavy atom. The fourth-order valence-electron chi connectivity index (χ4n) is 3.55. The van der Waals surface area contributed by atoms with Gasteiger partial charge in [0.25, 0.3) is 11.8 Å². The molecule has 2 aliphatic rings. The van der Waals surface area contributed by atoms with Gasteiger partial charge in [0, 0.05) is 18.7 Å². The van der Waals surface area contributed by atoms with Crippen molar-refractivity contribution < 1.29 is 18.8 Å². The van der Waals surface area contributed by atoms with Crippen LogP contribution >= 0.6 is 0 Å². The number of halogens is 1. The lowest BCUT2D eigenvalue weighted by molar-refractivity contribution is -0.129. The Bertz CT molecular complexity index is 902. The lowest BCUT2D eigenvalue weighted by Gasteiger charge is -2.35. The highest BCUT2D eigenvalue weighted by Crippen LogP contribution is 2.24. The molecule has 7 heteroatoms. The fourth-order valence-corrected chi connectivity index (χ4v) is 3.55. The van der Waals surface area contributed by atoms with Gasteiger partial charge in [-0.15, -0.1) is 0 Å². The van der Waals surface area contributed by atoms with Gasteiger partial charge in [-0.1, -0.05) is 36.4 Å². The summed E-state index contributed by atoms with van der Waals surface area (Å²) in [6, 6.07) is 13.8. The first-order chi connectivity index (χ1) is 13.0. The molecule has 0 spiro atoms. The second-order valence-electron chi connectivity index (χ2n) is 6.66. The van der Waals surface area contributed by atoms with Crippen molar-refractivity contribution in [2.24, 2.45) is 0 Å². The van der Waals surface area contributed by atoms with Crippen LogP contribution in [-0.4, -0.2) is 58.2 Å².